The molecule has 0 unspecified atom stereocenters. The highest BCUT2D eigenvalue weighted by atomic mass is 127. The first-order valence-electron chi connectivity index (χ1n) is 0.702. The minimum Gasteiger partial charge on any atom is -0.245 e. The summed E-state index contributed by atoms with van der Waals surface area (Å²) in [5, 5.41) is 0. The molecule has 0 fully saturated rings. The maximum Gasteiger partial charge on any atom is 0.127 e. The van der Waals surface area contributed by atoms with Crippen LogP contribution in [0, 0.1) is 0 Å². The Balaban J connectivity index is 3.23. The summed E-state index contributed by atoms with van der Waals surface area (Å²) >= 11 is 10.6. The van der Waals surface area contributed by atoms with E-state index in [4.69, 9.17) is 0 Å². The second kappa shape index (κ2) is 3.66. The molecular formula is HIOS3. The first-order valence-corrected chi connectivity index (χ1v) is 4.87. The summed E-state index contributed by atoms with van der Waals surface area (Å²) in [5.41, 5.74) is 0. The lowest BCUT2D eigenvalue weighted by Crippen LogP contribution is -1.56. The fourth-order valence-corrected chi connectivity index (χ4v) is 0. The van der Waals surface area contributed by atoms with Crippen LogP contribution in [-0.4, -0.2) is 0 Å². The SMILES string of the molecule is S=[SH](=S)OI. The average Bonchev–Trinajstić information content (AvgIpc) is 1.38. The van der Waals surface area contributed by atoms with Crippen LogP contribution in [0.1, 0.15) is 0 Å². The van der Waals surface area contributed by atoms with Gasteiger partial charge in [0.25, 0.3) is 0 Å². The van der Waals surface area contributed by atoms with Crippen molar-refractivity contribution in [3.8, 4) is 0 Å². The second-order valence-electron chi connectivity index (χ2n) is 0.293. The normalized spacial score (nSPS) is 9.20. The highest BCUT2D eigenvalue weighted by Gasteiger charge is 1.56. The lowest BCUT2D eigenvalue weighted by atomic mass is 15.9. The second-order valence-corrected chi connectivity index (χ2v) is 4.74. The van der Waals surface area contributed by atoms with Crippen LogP contribution in [0.15, 0.2) is 0 Å². The summed E-state index contributed by atoms with van der Waals surface area (Å²) in [5.74, 6) is 0. The Morgan fingerprint density at radius 3 is 1.80 bits per heavy atom. The van der Waals surface area contributed by atoms with Gasteiger partial charge in [-0.05, 0) is 22.4 Å². The molecule has 0 aliphatic carbocycles. The van der Waals surface area contributed by atoms with Crippen molar-refractivity contribution in [3.63, 3.8) is 0 Å². The van der Waals surface area contributed by atoms with Gasteiger partial charge in [-0.3, -0.25) is 0 Å². The molecule has 0 rings (SSSR count). The zero-order valence-electron chi connectivity index (χ0n) is 2.05. The van der Waals surface area contributed by atoms with Gasteiger partial charge in [0.15, 0.2) is 0 Å². The molecule has 0 aliphatic heterocycles. The van der Waals surface area contributed by atoms with Crippen molar-refractivity contribution >= 4 is 53.7 Å². The van der Waals surface area contributed by atoms with Gasteiger partial charge >= 0.3 is 0 Å². The van der Waals surface area contributed by atoms with Crippen molar-refractivity contribution in [2.24, 2.45) is 0 Å². The van der Waals surface area contributed by atoms with E-state index in [1.54, 1.807) is 23.0 Å². The molecular weight excluding hydrogens is 239 g/mol. The lowest BCUT2D eigenvalue weighted by molar-refractivity contribution is 0.852. The summed E-state index contributed by atoms with van der Waals surface area (Å²) in [6.07, 6.45) is 0. The molecule has 0 saturated carbocycles. The van der Waals surface area contributed by atoms with Gasteiger partial charge in [-0.1, -0.05) is 0 Å². The van der Waals surface area contributed by atoms with E-state index in [9.17, 15) is 0 Å². The van der Waals surface area contributed by atoms with E-state index in [0.29, 0.717) is 0 Å². The number of hydrogen-bond donors (Lipinski definition) is 1. The Morgan fingerprint density at radius 1 is 1.60 bits per heavy atom. The summed E-state index contributed by atoms with van der Waals surface area (Å²) in [4.78, 5) is 0. The minimum absolute atomic E-state index is 0.945. The molecule has 0 radical (unpaired) electrons. The predicted molar refractivity (Wildman–Crippen MR) is 38.6 cm³/mol. The third kappa shape index (κ3) is 5.48. The fourth-order valence-electron chi connectivity index (χ4n) is 0. The number of hydrogen-bond acceptors (Lipinski definition) is 3. The van der Waals surface area contributed by atoms with Crippen LogP contribution >= 0.6 is 23.0 Å². The van der Waals surface area contributed by atoms with Crippen molar-refractivity contribution in [1.29, 1.82) is 0 Å². The Bertz CT molecular complexity index is 65.0. The molecule has 0 aliphatic rings. The zero-order chi connectivity index (χ0) is 4.28. The monoisotopic (exact) mass is 240 g/mol. The van der Waals surface area contributed by atoms with Gasteiger partial charge < -0.3 is 0 Å². The van der Waals surface area contributed by atoms with Crippen LogP contribution in [0.25, 0.3) is 0 Å². The van der Waals surface area contributed by atoms with Crippen molar-refractivity contribution in [3.05, 3.63) is 0 Å². The highest BCUT2D eigenvalue weighted by molar-refractivity contribution is 14.1. The third-order valence-electron chi connectivity index (χ3n) is 0.0563. The van der Waals surface area contributed by atoms with Gasteiger partial charge in [0.1, 0.15) is 23.0 Å². The molecule has 5 heteroatoms. The first-order chi connectivity index (χ1) is 2.27. The van der Waals surface area contributed by atoms with Crippen LogP contribution < -0.4 is 0 Å². The van der Waals surface area contributed by atoms with Crippen LogP contribution in [0.5, 0.6) is 0 Å². The van der Waals surface area contributed by atoms with E-state index >= 15 is 0 Å². The molecule has 0 N–H and O–H groups in total. The molecule has 0 spiro atoms. The predicted octanol–water partition coefficient (Wildman–Crippen LogP) is 0.542. The summed E-state index contributed by atoms with van der Waals surface area (Å²) in [6.45, 7) is 0. The van der Waals surface area contributed by atoms with Crippen molar-refractivity contribution in [2.45, 2.75) is 0 Å². The molecule has 32 valence electrons. The highest BCUT2D eigenvalue weighted by Crippen LogP contribution is 1.81. The maximum absolute atomic E-state index is 4.43. The van der Waals surface area contributed by atoms with Gasteiger partial charge in [-0.2, -0.15) is 0 Å². The quantitative estimate of drug-likeness (QED) is 0.529. The molecule has 5 heavy (non-hydrogen) atoms. The molecule has 0 heterocycles. The van der Waals surface area contributed by atoms with E-state index in [2.05, 4.69) is 24.9 Å². The Kier molecular flexibility index (Phi) is 4.75. The number of thiol groups is 1. The Morgan fingerprint density at radius 2 is 1.80 bits per heavy atom. The van der Waals surface area contributed by atoms with Gasteiger partial charge in [0.05, 0.1) is 0 Å². The van der Waals surface area contributed by atoms with Crippen LogP contribution in [0.2, 0.25) is 0 Å². The van der Waals surface area contributed by atoms with Crippen molar-refractivity contribution in [1.82, 2.24) is 0 Å². The third-order valence-corrected chi connectivity index (χ3v) is 3.40. The van der Waals surface area contributed by atoms with Crippen molar-refractivity contribution < 1.29 is 2.51 Å². The molecule has 0 amide bonds. The molecule has 0 atom stereocenters. The summed E-state index contributed by atoms with van der Waals surface area (Å²) in [6, 6.07) is 0. The van der Waals surface area contributed by atoms with Gasteiger partial charge in [0, 0.05) is 8.29 Å². The van der Waals surface area contributed by atoms with Gasteiger partial charge in [0.2, 0.25) is 0 Å². The van der Waals surface area contributed by atoms with E-state index in [-0.39, 0.29) is 0 Å². The van der Waals surface area contributed by atoms with Gasteiger partial charge in [-0.15, -0.1) is 0 Å². The molecule has 0 bridgehead atoms. The summed E-state index contributed by atoms with van der Waals surface area (Å²) in [7, 11) is -0.945. The van der Waals surface area contributed by atoms with Crippen LogP contribution in [0.4, 0.5) is 0 Å². The van der Waals surface area contributed by atoms with Gasteiger partial charge in [-0.25, -0.2) is 2.51 Å². The lowest BCUT2D eigenvalue weighted by Gasteiger charge is -1.69. The number of halogens is 1. The Hall–Kier alpha value is 1.48. The standard InChI is InChI=1S/HIOS3/c1-2-5(3)4/h5H. The van der Waals surface area contributed by atoms with E-state index < -0.39 is 8.29 Å². The maximum atomic E-state index is 4.43. The fraction of sp³-hybridized carbons (Fsp3) is 0. The molecule has 1 nitrogen and oxygen atoms in total. The van der Waals surface area contributed by atoms with E-state index in [1.807, 2.05) is 0 Å². The summed E-state index contributed by atoms with van der Waals surface area (Å²) < 4.78 is 4.41. The number of rotatable bonds is 1. The van der Waals surface area contributed by atoms with Crippen LogP contribution in [0.3, 0.4) is 0 Å². The zero-order valence-corrected chi connectivity index (χ0v) is 6.73. The smallest absolute Gasteiger partial charge is 0.127 e. The molecule has 0 aromatic carbocycles. The van der Waals surface area contributed by atoms with Crippen LogP contribution in [-0.2, 0) is 33.2 Å². The molecule has 0 aromatic rings. The average molecular weight is 240 g/mol. The molecule has 0 aromatic heterocycles. The largest absolute Gasteiger partial charge is 0.245 e. The van der Waals surface area contributed by atoms with Crippen molar-refractivity contribution in [2.75, 3.05) is 0 Å². The Labute approximate surface area is 55.8 Å². The topological polar surface area (TPSA) is 9.23 Å². The molecule has 0 saturated heterocycles. The first kappa shape index (κ1) is 6.48. The van der Waals surface area contributed by atoms with E-state index in [1.165, 1.54) is 0 Å². The minimum atomic E-state index is -0.945. The van der Waals surface area contributed by atoms with E-state index in [0.717, 1.165) is 0 Å².